The number of aryl methyl sites for hydroxylation is 1. The van der Waals surface area contributed by atoms with Gasteiger partial charge in [0.2, 0.25) is 11.8 Å². The first-order valence-electron chi connectivity index (χ1n) is 10.2. The normalized spacial score (nSPS) is 23.3. The van der Waals surface area contributed by atoms with Gasteiger partial charge in [-0.2, -0.15) is 0 Å². The first kappa shape index (κ1) is 19.8. The van der Waals surface area contributed by atoms with Gasteiger partial charge >= 0.3 is 0 Å². The van der Waals surface area contributed by atoms with Crippen molar-refractivity contribution >= 4 is 17.5 Å². The van der Waals surface area contributed by atoms with Gasteiger partial charge in [-0.05, 0) is 50.3 Å². The predicted molar refractivity (Wildman–Crippen MR) is 108 cm³/mol. The summed E-state index contributed by atoms with van der Waals surface area (Å²) in [7, 11) is 0. The highest BCUT2D eigenvalue weighted by molar-refractivity contribution is 5.94. The van der Waals surface area contributed by atoms with Gasteiger partial charge in [0.25, 0.3) is 0 Å². The Hall–Kier alpha value is -1.92. The summed E-state index contributed by atoms with van der Waals surface area (Å²) in [6.45, 7) is 8.17. The number of rotatable bonds is 5. The summed E-state index contributed by atoms with van der Waals surface area (Å²) in [4.78, 5) is 29.4. The molecule has 2 aliphatic heterocycles. The van der Waals surface area contributed by atoms with Crippen LogP contribution in [0.5, 0.6) is 0 Å². The number of hydrogen-bond acceptors (Lipinski definition) is 4. The van der Waals surface area contributed by atoms with Crippen LogP contribution in [-0.2, 0) is 16.0 Å². The maximum absolute atomic E-state index is 12.6. The fraction of sp³-hybridized carbons (Fsp3) is 0.619. The number of carbonyl (C=O) groups is 2. The summed E-state index contributed by atoms with van der Waals surface area (Å²) in [6, 6.07) is 7.85. The second-order valence-corrected chi connectivity index (χ2v) is 7.59. The van der Waals surface area contributed by atoms with E-state index >= 15 is 0 Å². The highest BCUT2D eigenvalue weighted by Gasteiger charge is 2.32. The highest BCUT2D eigenvalue weighted by Crippen LogP contribution is 2.17. The molecule has 0 spiro atoms. The first-order valence-corrected chi connectivity index (χ1v) is 10.2. The number of amides is 2. The summed E-state index contributed by atoms with van der Waals surface area (Å²) in [5, 5.41) is 6.04. The van der Waals surface area contributed by atoms with Crippen LogP contribution in [0.2, 0.25) is 0 Å². The van der Waals surface area contributed by atoms with Crippen LogP contribution in [-0.4, -0.2) is 66.4 Å². The number of carbonyl (C=O) groups excluding carboxylic acids is 2. The van der Waals surface area contributed by atoms with Crippen molar-refractivity contribution in [3.05, 3.63) is 29.8 Å². The standard InChI is InChI=1S/C21H32N4O2/c1-3-17-7-9-18(10-8-17)23-20(26)16(2)24-12-14-25(15-13-24)19-6-4-5-11-22-21(19)27/h7-10,16,19H,3-6,11-15H2,1-2H3,(H,22,27)(H,23,26)/t16-,19+/m0/s1. The van der Waals surface area contributed by atoms with Gasteiger partial charge in [-0.15, -0.1) is 0 Å². The molecule has 2 heterocycles. The Morgan fingerprint density at radius 3 is 2.56 bits per heavy atom. The fourth-order valence-electron chi connectivity index (χ4n) is 3.94. The molecule has 2 aliphatic rings. The number of nitrogens with one attached hydrogen (secondary N) is 2. The summed E-state index contributed by atoms with van der Waals surface area (Å²) in [6.07, 6.45) is 4.10. The third-order valence-corrected chi connectivity index (χ3v) is 5.85. The lowest BCUT2D eigenvalue weighted by atomic mass is 10.1. The van der Waals surface area contributed by atoms with Crippen molar-refractivity contribution in [3.63, 3.8) is 0 Å². The van der Waals surface area contributed by atoms with Crippen LogP contribution in [0, 0.1) is 0 Å². The zero-order chi connectivity index (χ0) is 19.2. The maximum atomic E-state index is 12.6. The molecule has 6 nitrogen and oxygen atoms in total. The minimum absolute atomic E-state index is 0.00383. The third kappa shape index (κ3) is 5.08. The monoisotopic (exact) mass is 372 g/mol. The Labute approximate surface area is 162 Å². The van der Waals surface area contributed by atoms with Gasteiger partial charge in [-0.3, -0.25) is 19.4 Å². The number of piperazine rings is 1. The Kier molecular flexibility index (Phi) is 6.85. The van der Waals surface area contributed by atoms with Gasteiger partial charge in [0, 0.05) is 38.4 Å². The SMILES string of the molecule is CCc1ccc(NC(=O)[C@H](C)N2CCN([C@@H]3CCCCNC3=O)CC2)cc1. The van der Waals surface area contributed by atoms with Crippen LogP contribution in [0.25, 0.3) is 0 Å². The molecule has 2 N–H and O–H groups in total. The van der Waals surface area contributed by atoms with Gasteiger partial charge < -0.3 is 10.6 Å². The average molecular weight is 373 g/mol. The summed E-state index contributed by atoms with van der Waals surface area (Å²) >= 11 is 0. The zero-order valence-electron chi connectivity index (χ0n) is 16.5. The number of hydrogen-bond donors (Lipinski definition) is 2. The van der Waals surface area contributed by atoms with E-state index in [1.807, 2.05) is 19.1 Å². The Bertz CT molecular complexity index is 638. The van der Waals surface area contributed by atoms with Crippen LogP contribution in [0.3, 0.4) is 0 Å². The molecule has 0 unspecified atom stereocenters. The van der Waals surface area contributed by atoms with Gasteiger partial charge in [-0.1, -0.05) is 19.1 Å². The Morgan fingerprint density at radius 1 is 1.19 bits per heavy atom. The Morgan fingerprint density at radius 2 is 1.89 bits per heavy atom. The molecule has 0 saturated carbocycles. The molecule has 3 rings (SSSR count). The molecule has 2 saturated heterocycles. The van der Waals surface area contributed by atoms with Gasteiger partial charge in [-0.25, -0.2) is 0 Å². The van der Waals surface area contributed by atoms with Crippen molar-refractivity contribution in [2.45, 2.75) is 51.6 Å². The molecule has 1 aromatic rings. The van der Waals surface area contributed by atoms with Crippen molar-refractivity contribution < 1.29 is 9.59 Å². The highest BCUT2D eigenvalue weighted by atomic mass is 16.2. The summed E-state index contributed by atoms with van der Waals surface area (Å²) in [5.74, 6) is 0.196. The smallest absolute Gasteiger partial charge is 0.241 e. The van der Waals surface area contributed by atoms with E-state index in [2.05, 4.69) is 39.5 Å². The lowest BCUT2D eigenvalue weighted by Gasteiger charge is -2.40. The minimum Gasteiger partial charge on any atom is -0.355 e. The van der Waals surface area contributed by atoms with Crippen molar-refractivity contribution in [3.8, 4) is 0 Å². The lowest BCUT2D eigenvalue weighted by molar-refractivity contribution is -0.128. The molecule has 0 aliphatic carbocycles. The van der Waals surface area contributed by atoms with Crippen molar-refractivity contribution in [1.29, 1.82) is 0 Å². The topological polar surface area (TPSA) is 64.7 Å². The van der Waals surface area contributed by atoms with E-state index in [0.29, 0.717) is 0 Å². The van der Waals surface area contributed by atoms with Crippen LogP contribution in [0.1, 0.15) is 38.7 Å². The molecule has 2 fully saturated rings. The van der Waals surface area contributed by atoms with Crippen molar-refractivity contribution in [2.75, 3.05) is 38.0 Å². The molecule has 2 atom stereocenters. The molecule has 2 amide bonds. The molecule has 148 valence electrons. The fourth-order valence-corrected chi connectivity index (χ4v) is 3.94. The van der Waals surface area contributed by atoms with E-state index in [4.69, 9.17) is 0 Å². The van der Waals surface area contributed by atoms with Gasteiger partial charge in [0.15, 0.2) is 0 Å². The number of benzene rings is 1. The van der Waals surface area contributed by atoms with Crippen LogP contribution in [0.4, 0.5) is 5.69 Å². The third-order valence-electron chi connectivity index (χ3n) is 5.85. The van der Waals surface area contributed by atoms with Crippen LogP contribution in [0.15, 0.2) is 24.3 Å². The molecule has 0 aromatic heterocycles. The van der Waals surface area contributed by atoms with Crippen molar-refractivity contribution in [2.24, 2.45) is 0 Å². The lowest BCUT2D eigenvalue weighted by Crippen LogP contribution is -2.57. The minimum atomic E-state index is -0.180. The molecule has 0 bridgehead atoms. The van der Waals surface area contributed by atoms with E-state index in [1.54, 1.807) is 0 Å². The van der Waals surface area contributed by atoms with Gasteiger partial charge in [0.05, 0.1) is 12.1 Å². The maximum Gasteiger partial charge on any atom is 0.241 e. The van der Waals surface area contributed by atoms with E-state index in [9.17, 15) is 9.59 Å². The molecule has 27 heavy (non-hydrogen) atoms. The van der Waals surface area contributed by atoms with Crippen LogP contribution >= 0.6 is 0 Å². The first-order chi connectivity index (χ1) is 13.1. The van der Waals surface area contributed by atoms with E-state index in [1.165, 1.54) is 5.56 Å². The molecular formula is C21H32N4O2. The summed E-state index contributed by atoms with van der Waals surface area (Å²) < 4.78 is 0. The predicted octanol–water partition coefficient (Wildman–Crippen LogP) is 1.86. The van der Waals surface area contributed by atoms with E-state index < -0.39 is 0 Å². The van der Waals surface area contributed by atoms with Crippen LogP contribution < -0.4 is 10.6 Å². The van der Waals surface area contributed by atoms with Crippen molar-refractivity contribution in [1.82, 2.24) is 15.1 Å². The Balaban J connectivity index is 1.50. The quantitative estimate of drug-likeness (QED) is 0.828. The second kappa shape index (κ2) is 9.33. The summed E-state index contributed by atoms with van der Waals surface area (Å²) in [5.41, 5.74) is 2.11. The van der Waals surface area contributed by atoms with E-state index in [-0.39, 0.29) is 23.9 Å². The largest absolute Gasteiger partial charge is 0.355 e. The molecule has 1 aromatic carbocycles. The van der Waals surface area contributed by atoms with Gasteiger partial charge in [0.1, 0.15) is 0 Å². The number of anilines is 1. The number of nitrogens with zero attached hydrogens (tertiary/aromatic N) is 2. The molecule has 6 heteroatoms. The van der Waals surface area contributed by atoms with E-state index in [0.717, 1.165) is 64.1 Å². The molecular weight excluding hydrogens is 340 g/mol. The zero-order valence-corrected chi connectivity index (χ0v) is 16.5. The second-order valence-electron chi connectivity index (χ2n) is 7.59. The molecule has 0 radical (unpaired) electrons. The average Bonchev–Trinajstić information content (AvgIpc) is 2.92.